The van der Waals surface area contributed by atoms with Gasteiger partial charge in [-0.15, -0.1) is 0 Å². The summed E-state index contributed by atoms with van der Waals surface area (Å²) in [4.78, 5) is 11.7. The number of hydrogen-bond donors (Lipinski definition) is 2. The van der Waals surface area contributed by atoms with Crippen LogP contribution in [0.5, 0.6) is 0 Å². The first kappa shape index (κ1) is 14.6. The van der Waals surface area contributed by atoms with Gasteiger partial charge in [-0.1, -0.05) is 13.3 Å². The van der Waals surface area contributed by atoms with Gasteiger partial charge in [0.05, 0.1) is 0 Å². The number of hydrogen-bond acceptors (Lipinski definition) is 2. The monoisotopic (exact) mass is 278 g/mol. The number of nitrogens with one attached hydrogen (secondary N) is 2. The average Bonchev–Trinajstić information content (AvgIpc) is 3.08. The molecule has 1 heterocycles. The molecule has 0 spiro atoms. The molecule has 0 aromatic rings. The molecule has 1 aliphatic heterocycles. The molecule has 1 aliphatic carbocycles. The Bertz CT molecular complexity index is 339. The van der Waals surface area contributed by atoms with Crippen LogP contribution in [0.25, 0.3) is 0 Å². The first-order valence-electron chi connectivity index (χ1n) is 6.92. The van der Waals surface area contributed by atoms with Gasteiger partial charge < -0.3 is 10.6 Å². The predicted octanol–water partition coefficient (Wildman–Crippen LogP) is 2.37. The van der Waals surface area contributed by atoms with Gasteiger partial charge in [0.25, 0.3) is 0 Å². The van der Waals surface area contributed by atoms with E-state index in [2.05, 4.69) is 10.6 Å². The van der Waals surface area contributed by atoms with E-state index in [1.54, 1.807) is 0 Å². The lowest BCUT2D eigenvalue weighted by molar-refractivity contribution is -0.163. The summed E-state index contributed by atoms with van der Waals surface area (Å²) in [6.07, 6.45) is -0.275. The molecule has 2 fully saturated rings. The molecule has 2 N–H and O–H groups in total. The molecule has 0 aromatic heterocycles. The topological polar surface area (TPSA) is 41.1 Å². The van der Waals surface area contributed by atoms with Gasteiger partial charge in [0.15, 0.2) is 0 Å². The minimum Gasteiger partial charge on any atom is -0.356 e. The Kier molecular flexibility index (Phi) is 4.08. The molecule has 0 bridgehead atoms. The van der Waals surface area contributed by atoms with Gasteiger partial charge in [-0.25, -0.2) is 0 Å². The number of amides is 1. The van der Waals surface area contributed by atoms with Crippen LogP contribution in [0.3, 0.4) is 0 Å². The van der Waals surface area contributed by atoms with Crippen molar-refractivity contribution in [2.45, 2.75) is 63.7 Å². The average molecular weight is 278 g/mol. The normalized spacial score (nSPS) is 29.9. The molecule has 2 rings (SSSR count). The van der Waals surface area contributed by atoms with Gasteiger partial charge in [-0.2, -0.15) is 13.2 Å². The lowest BCUT2D eigenvalue weighted by Gasteiger charge is -2.32. The van der Waals surface area contributed by atoms with E-state index in [9.17, 15) is 18.0 Å². The summed E-state index contributed by atoms with van der Waals surface area (Å²) in [6, 6.07) is -1.53. The van der Waals surface area contributed by atoms with Crippen LogP contribution in [0.15, 0.2) is 0 Å². The maximum atomic E-state index is 12.6. The molecule has 1 amide bonds. The molecule has 110 valence electrons. The zero-order chi connectivity index (χ0) is 14.1. The van der Waals surface area contributed by atoms with E-state index in [1.807, 2.05) is 6.92 Å². The summed E-state index contributed by atoms with van der Waals surface area (Å²) in [5.41, 5.74) is -0.214. The van der Waals surface area contributed by atoms with Crippen molar-refractivity contribution < 1.29 is 18.0 Å². The third-order valence-electron chi connectivity index (χ3n) is 4.20. The Morgan fingerprint density at radius 3 is 2.63 bits per heavy atom. The van der Waals surface area contributed by atoms with Gasteiger partial charge in [0, 0.05) is 18.0 Å². The van der Waals surface area contributed by atoms with Crippen LogP contribution in [0.2, 0.25) is 0 Å². The number of halogens is 3. The van der Waals surface area contributed by atoms with Crippen LogP contribution in [-0.4, -0.2) is 30.7 Å². The van der Waals surface area contributed by atoms with Crippen molar-refractivity contribution in [1.82, 2.24) is 10.6 Å². The Labute approximate surface area is 111 Å². The minimum atomic E-state index is -4.16. The maximum Gasteiger partial charge on any atom is 0.403 e. The standard InChI is InChI=1S/C13H21F3N2O/c1-12(6-7-12)11(19)17-8-5-9-3-2-4-10(18-9)13(14,15)16/h9-10,18H,2-8H2,1H3,(H,17,19). The van der Waals surface area contributed by atoms with Crippen molar-refractivity contribution in [2.24, 2.45) is 5.41 Å². The van der Waals surface area contributed by atoms with Crippen molar-refractivity contribution in [3.63, 3.8) is 0 Å². The quantitative estimate of drug-likeness (QED) is 0.829. The SMILES string of the molecule is CC1(C(=O)NCCC2CCCC(C(F)(F)F)N2)CC1. The van der Waals surface area contributed by atoms with E-state index >= 15 is 0 Å². The van der Waals surface area contributed by atoms with Crippen molar-refractivity contribution in [3.8, 4) is 0 Å². The van der Waals surface area contributed by atoms with E-state index in [0.29, 0.717) is 19.4 Å². The Morgan fingerprint density at radius 1 is 1.37 bits per heavy atom. The summed E-state index contributed by atoms with van der Waals surface area (Å²) in [7, 11) is 0. The van der Waals surface area contributed by atoms with Gasteiger partial charge in [0.2, 0.25) is 5.91 Å². The van der Waals surface area contributed by atoms with Gasteiger partial charge in [0.1, 0.15) is 6.04 Å². The number of carbonyl (C=O) groups is 1. The molecule has 0 aromatic carbocycles. The largest absolute Gasteiger partial charge is 0.403 e. The zero-order valence-electron chi connectivity index (χ0n) is 11.1. The van der Waals surface area contributed by atoms with Crippen molar-refractivity contribution in [1.29, 1.82) is 0 Å². The molecule has 1 saturated heterocycles. The molecule has 2 unspecified atom stereocenters. The molecular weight excluding hydrogens is 257 g/mol. The number of rotatable bonds is 4. The second kappa shape index (κ2) is 5.31. The highest BCUT2D eigenvalue weighted by molar-refractivity contribution is 5.84. The fourth-order valence-corrected chi connectivity index (χ4v) is 2.49. The van der Waals surface area contributed by atoms with Gasteiger partial charge in [-0.3, -0.25) is 4.79 Å². The third kappa shape index (κ3) is 3.84. The molecule has 19 heavy (non-hydrogen) atoms. The lowest BCUT2D eigenvalue weighted by atomic mass is 9.96. The molecule has 3 nitrogen and oxygen atoms in total. The van der Waals surface area contributed by atoms with Crippen LogP contribution < -0.4 is 10.6 Å². The summed E-state index contributed by atoms with van der Waals surface area (Å²) in [5.74, 6) is 0.0377. The summed E-state index contributed by atoms with van der Waals surface area (Å²) < 4.78 is 37.8. The lowest BCUT2D eigenvalue weighted by Crippen LogP contribution is -2.51. The van der Waals surface area contributed by atoms with E-state index in [-0.39, 0.29) is 23.8 Å². The maximum absolute atomic E-state index is 12.6. The van der Waals surface area contributed by atoms with Crippen LogP contribution >= 0.6 is 0 Å². The Hall–Kier alpha value is -0.780. The summed E-state index contributed by atoms with van der Waals surface area (Å²) >= 11 is 0. The molecule has 0 radical (unpaired) electrons. The molecule has 2 aliphatic rings. The molecular formula is C13H21F3N2O. The fourth-order valence-electron chi connectivity index (χ4n) is 2.49. The van der Waals surface area contributed by atoms with Crippen LogP contribution in [-0.2, 0) is 4.79 Å². The van der Waals surface area contributed by atoms with Crippen LogP contribution in [0, 0.1) is 5.41 Å². The fraction of sp³-hybridized carbons (Fsp3) is 0.923. The Balaban J connectivity index is 1.69. The highest BCUT2D eigenvalue weighted by atomic mass is 19.4. The number of piperidine rings is 1. The Morgan fingerprint density at radius 2 is 2.05 bits per heavy atom. The molecule has 6 heteroatoms. The smallest absolute Gasteiger partial charge is 0.356 e. The van der Waals surface area contributed by atoms with E-state index in [1.165, 1.54) is 0 Å². The zero-order valence-corrected chi connectivity index (χ0v) is 11.1. The van der Waals surface area contributed by atoms with Crippen molar-refractivity contribution in [2.75, 3.05) is 6.54 Å². The van der Waals surface area contributed by atoms with Gasteiger partial charge in [-0.05, 0) is 32.1 Å². The number of carbonyl (C=O) groups excluding carboxylic acids is 1. The van der Waals surface area contributed by atoms with Gasteiger partial charge >= 0.3 is 6.18 Å². The van der Waals surface area contributed by atoms with Crippen molar-refractivity contribution >= 4 is 5.91 Å². The van der Waals surface area contributed by atoms with Crippen LogP contribution in [0.1, 0.15) is 45.4 Å². The minimum absolute atomic E-state index is 0.0377. The summed E-state index contributed by atoms with van der Waals surface area (Å²) in [5, 5.41) is 5.47. The second-order valence-electron chi connectivity index (χ2n) is 5.99. The third-order valence-corrected chi connectivity index (χ3v) is 4.20. The van der Waals surface area contributed by atoms with Crippen molar-refractivity contribution in [3.05, 3.63) is 0 Å². The predicted molar refractivity (Wildman–Crippen MR) is 65.6 cm³/mol. The van der Waals surface area contributed by atoms with E-state index in [4.69, 9.17) is 0 Å². The first-order valence-corrected chi connectivity index (χ1v) is 6.92. The molecule has 1 saturated carbocycles. The highest BCUT2D eigenvalue weighted by Crippen LogP contribution is 2.44. The second-order valence-corrected chi connectivity index (χ2v) is 5.99. The highest BCUT2D eigenvalue weighted by Gasteiger charge is 2.45. The number of alkyl halides is 3. The van der Waals surface area contributed by atoms with E-state index < -0.39 is 12.2 Å². The first-order chi connectivity index (χ1) is 8.81. The molecule has 2 atom stereocenters. The van der Waals surface area contributed by atoms with E-state index in [0.717, 1.165) is 19.3 Å². The van der Waals surface area contributed by atoms with Crippen LogP contribution in [0.4, 0.5) is 13.2 Å². The summed E-state index contributed by atoms with van der Waals surface area (Å²) in [6.45, 7) is 2.37.